The van der Waals surface area contributed by atoms with Crippen LogP contribution in [0.3, 0.4) is 0 Å². The first-order chi connectivity index (χ1) is 12.9. The number of rotatable bonds is 4. The fourth-order valence-electron chi connectivity index (χ4n) is 2.45. The van der Waals surface area contributed by atoms with E-state index >= 15 is 0 Å². The van der Waals surface area contributed by atoms with Crippen LogP contribution in [0, 0.1) is 11.3 Å². The fraction of sp³-hybridized carbons (Fsp3) is 0.100. The number of halogens is 4. The van der Waals surface area contributed by atoms with E-state index in [-0.39, 0.29) is 10.7 Å². The van der Waals surface area contributed by atoms with E-state index in [2.05, 4.69) is 4.98 Å². The lowest BCUT2D eigenvalue weighted by atomic mass is 10.1. The minimum Gasteiger partial charge on any atom is -0.240 e. The lowest BCUT2D eigenvalue weighted by molar-refractivity contribution is -0.138. The Balaban J connectivity index is 2.08. The summed E-state index contributed by atoms with van der Waals surface area (Å²) in [5.74, 6) is 0.407. The molecule has 0 spiro atoms. The zero-order chi connectivity index (χ0) is 19.4. The van der Waals surface area contributed by atoms with E-state index in [4.69, 9.17) is 11.6 Å². The number of pyridine rings is 1. The zero-order valence-corrected chi connectivity index (χ0v) is 15.4. The first kappa shape index (κ1) is 19.3. The summed E-state index contributed by atoms with van der Waals surface area (Å²) in [6.07, 6.45) is -4.66. The second kappa shape index (κ2) is 8.03. The summed E-state index contributed by atoms with van der Waals surface area (Å²) in [5, 5.41) is 9.87. The highest BCUT2D eigenvalue weighted by Gasteiger charge is 2.36. The first-order valence-corrected chi connectivity index (χ1v) is 9.20. The summed E-state index contributed by atoms with van der Waals surface area (Å²) in [7, 11) is 0. The molecule has 27 heavy (non-hydrogen) atoms. The average molecular weight is 405 g/mol. The van der Waals surface area contributed by atoms with Crippen molar-refractivity contribution < 1.29 is 13.2 Å². The molecule has 0 radical (unpaired) electrons. The molecule has 0 saturated heterocycles. The maximum atomic E-state index is 13.5. The van der Waals surface area contributed by atoms with Crippen molar-refractivity contribution in [2.24, 2.45) is 0 Å². The standard InChI is InChI=1S/C20H12ClF3N2S/c21-15-8-6-14(7-9-15)18-10-17(20(22,23)24)16(11-25)19(26-18)27-12-13-4-2-1-3-5-13/h1-10H,12H2. The van der Waals surface area contributed by atoms with Crippen molar-refractivity contribution in [2.75, 3.05) is 0 Å². The summed E-state index contributed by atoms with van der Waals surface area (Å²) < 4.78 is 40.6. The van der Waals surface area contributed by atoms with Gasteiger partial charge in [0.15, 0.2) is 0 Å². The van der Waals surface area contributed by atoms with Gasteiger partial charge in [-0.05, 0) is 23.8 Å². The third-order valence-electron chi connectivity index (χ3n) is 3.76. The summed E-state index contributed by atoms with van der Waals surface area (Å²) in [6.45, 7) is 0. The summed E-state index contributed by atoms with van der Waals surface area (Å²) >= 11 is 6.96. The maximum Gasteiger partial charge on any atom is 0.417 e. The van der Waals surface area contributed by atoms with E-state index in [1.165, 1.54) is 0 Å². The summed E-state index contributed by atoms with van der Waals surface area (Å²) in [5.41, 5.74) is 0.129. The van der Waals surface area contributed by atoms with Gasteiger partial charge in [-0.3, -0.25) is 0 Å². The topological polar surface area (TPSA) is 36.7 Å². The van der Waals surface area contributed by atoms with Crippen molar-refractivity contribution in [3.05, 3.63) is 82.4 Å². The Morgan fingerprint density at radius 3 is 2.30 bits per heavy atom. The molecule has 7 heteroatoms. The van der Waals surface area contributed by atoms with Gasteiger partial charge >= 0.3 is 6.18 Å². The van der Waals surface area contributed by atoms with Crippen molar-refractivity contribution in [3.63, 3.8) is 0 Å². The molecule has 1 heterocycles. The highest BCUT2D eigenvalue weighted by molar-refractivity contribution is 7.98. The Bertz CT molecular complexity index is 981. The van der Waals surface area contributed by atoms with Crippen molar-refractivity contribution in [2.45, 2.75) is 17.0 Å². The van der Waals surface area contributed by atoms with Crippen molar-refractivity contribution in [3.8, 4) is 17.3 Å². The third-order valence-corrected chi connectivity index (χ3v) is 5.06. The molecule has 0 aliphatic rings. The lowest BCUT2D eigenvalue weighted by Gasteiger charge is -2.14. The molecule has 0 aliphatic heterocycles. The van der Waals surface area contributed by atoms with Crippen LogP contribution in [0.5, 0.6) is 0 Å². The van der Waals surface area contributed by atoms with Crippen LogP contribution in [-0.4, -0.2) is 4.98 Å². The van der Waals surface area contributed by atoms with Gasteiger partial charge < -0.3 is 0 Å². The van der Waals surface area contributed by atoms with E-state index in [1.54, 1.807) is 30.3 Å². The Morgan fingerprint density at radius 2 is 1.70 bits per heavy atom. The molecule has 0 bridgehead atoms. The first-order valence-electron chi connectivity index (χ1n) is 7.83. The van der Waals surface area contributed by atoms with Crippen LogP contribution in [0.2, 0.25) is 5.02 Å². The summed E-state index contributed by atoms with van der Waals surface area (Å²) in [4.78, 5) is 4.33. The predicted molar refractivity (Wildman–Crippen MR) is 100 cm³/mol. The van der Waals surface area contributed by atoms with E-state index < -0.39 is 17.3 Å². The van der Waals surface area contributed by atoms with Gasteiger partial charge in [-0.1, -0.05) is 54.1 Å². The summed E-state index contributed by atoms with van der Waals surface area (Å²) in [6, 6.07) is 18.2. The van der Waals surface area contributed by atoms with Crippen LogP contribution in [0.25, 0.3) is 11.3 Å². The number of alkyl halides is 3. The van der Waals surface area contributed by atoms with Gasteiger partial charge in [-0.2, -0.15) is 18.4 Å². The molecule has 0 unspecified atom stereocenters. The third kappa shape index (κ3) is 4.62. The van der Waals surface area contributed by atoms with E-state index in [1.807, 2.05) is 30.3 Å². The predicted octanol–water partition coefficient (Wildman–Crippen LogP) is 6.58. The molecular formula is C20H12ClF3N2S. The Labute approximate surface area is 163 Å². The van der Waals surface area contributed by atoms with Crippen LogP contribution in [0.4, 0.5) is 13.2 Å². The monoisotopic (exact) mass is 404 g/mol. The van der Waals surface area contributed by atoms with Crippen molar-refractivity contribution in [1.82, 2.24) is 4.98 Å². The molecule has 0 fully saturated rings. The molecule has 3 rings (SSSR count). The number of thioether (sulfide) groups is 1. The molecular weight excluding hydrogens is 393 g/mol. The second-order valence-electron chi connectivity index (χ2n) is 5.63. The van der Waals surface area contributed by atoms with Crippen LogP contribution >= 0.6 is 23.4 Å². The van der Waals surface area contributed by atoms with Gasteiger partial charge in [0.05, 0.1) is 16.8 Å². The molecule has 136 valence electrons. The highest BCUT2D eigenvalue weighted by Crippen LogP contribution is 2.38. The van der Waals surface area contributed by atoms with Gasteiger partial charge in [0.2, 0.25) is 0 Å². The normalized spacial score (nSPS) is 11.2. The largest absolute Gasteiger partial charge is 0.417 e. The molecule has 0 atom stereocenters. The van der Waals surface area contributed by atoms with E-state index in [9.17, 15) is 18.4 Å². The quantitative estimate of drug-likeness (QED) is 0.460. The molecule has 0 saturated carbocycles. The van der Waals surface area contributed by atoms with Crippen molar-refractivity contribution >= 4 is 23.4 Å². The highest BCUT2D eigenvalue weighted by atomic mass is 35.5. The van der Waals surface area contributed by atoms with E-state index in [0.717, 1.165) is 23.4 Å². The van der Waals surface area contributed by atoms with Crippen LogP contribution in [-0.2, 0) is 11.9 Å². The molecule has 0 amide bonds. The Morgan fingerprint density at radius 1 is 1.04 bits per heavy atom. The number of nitrogens with zero attached hydrogens (tertiary/aromatic N) is 2. The van der Waals surface area contributed by atoms with Crippen LogP contribution < -0.4 is 0 Å². The van der Waals surface area contributed by atoms with Crippen molar-refractivity contribution in [1.29, 1.82) is 5.26 Å². The van der Waals surface area contributed by atoms with Crippen LogP contribution in [0.1, 0.15) is 16.7 Å². The number of hydrogen-bond donors (Lipinski definition) is 0. The Hall–Kier alpha value is -2.49. The Kier molecular flexibility index (Phi) is 5.73. The molecule has 3 aromatic rings. The maximum absolute atomic E-state index is 13.5. The second-order valence-corrected chi connectivity index (χ2v) is 7.03. The van der Waals surface area contributed by atoms with Crippen LogP contribution in [0.15, 0.2) is 65.7 Å². The fourth-order valence-corrected chi connectivity index (χ4v) is 3.54. The number of hydrogen-bond acceptors (Lipinski definition) is 3. The average Bonchev–Trinajstić information content (AvgIpc) is 2.66. The number of aromatic nitrogens is 1. The minimum absolute atomic E-state index is 0.0566. The van der Waals surface area contributed by atoms with Gasteiger partial charge in [0, 0.05) is 16.3 Å². The SMILES string of the molecule is N#Cc1c(C(F)(F)F)cc(-c2ccc(Cl)cc2)nc1SCc1ccccc1. The van der Waals surface area contributed by atoms with Gasteiger partial charge in [0.1, 0.15) is 11.1 Å². The molecule has 2 nitrogen and oxygen atoms in total. The number of nitriles is 1. The zero-order valence-electron chi connectivity index (χ0n) is 13.8. The molecule has 1 aromatic heterocycles. The molecule has 0 aliphatic carbocycles. The smallest absolute Gasteiger partial charge is 0.240 e. The minimum atomic E-state index is -4.66. The van der Waals surface area contributed by atoms with Gasteiger partial charge in [0.25, 0.3) is 0 Å². The van der Waals surface area contributed by atoms with Gasteiger partial charge in [-0.15, -0.1) is 11.8 Å². The number of benzene rings is 2. The van der Waals surface area contributed by atoms with E-state index in [0.29, 0.717) is 16.3 Å². The molecule has 2 aromatic carbocycles. The molecule has 0 N–H and O–H groups in total. The van der Waals surface area contributed by atoms with Gasteiger partial charge in [-0.25, -0.2) is 4.98 Å². The lowest BCUT2D eigenvalue weighted by Crippen LogP contribution is -2.10.